The maximum atomic E-state index is 13.3. The molecule has 4 heteroatoms. The molecule has 1 heterocycles. The molecule has 0 radical (unpaired) electrons. The highest BCUT2D eigenvalue weighted by atomic mass is 19.1. The quantitative estimate of drug-likeness (QED) is 0.753. The van der Waals surface area contributed by atoms with Crippen LogP contribution in [0.2, 0.25) is 0 Å². The van der Waals surface area contributed by atoms with Crippen molar-refractivity contribution in [2.45, 2.75) is 6.92 Å². The van der Waals surface area contributed by atoms with Crippen LogP contribution in [0, 0.1) is 12.7 Å². The first-order valence-electron chi connectivity index (χ1n) is 4.13. The molecular weight excluding hydrogens is 185 g/mol. The SMILES string of the molecule is Cc1[nH]c(=O)oc1-c1ccccc1F. The Bertz CT molecular complexity index is 513. The lowest BCUT2D eigenvalue weighted by molar-refractivity contribution is 0.522. The summed E-state index contributed by atoms with van der Waals surface area (Å²) >= 11 is 0. The third-order valence-electron chi connectivity index (χ3n) is 1.94. The van der Waals surface area contributed by atoms with Gasteiger partial charge in [-0.05, 0) is 19.1 Å². The highest BCUT2D eigenvalue weighted by molar-refractivity contribution is 5.59. The molecule has 0 spiro atoms. The van der Waals surface area contributed by atoms with E-state index in [1.807, 2.05) is 0 Å². The maximum absolute atomic E-state index is 13.3. The molecule has 0 aliphatic rings. The number of nitrogens with one attached hydrogen (secondary N) is 1. The van der Waals surface area contributed by atoms with E-state index in [2.05, 4.69) is 4.98 Å². The first kappa shape index (κ1) is 8.74. The Kier molecular flexibility index (Phi) is 1.96. The molecule has 0 saturated carbocycles. The summed E-state index contributed by atoms with van der Waals surface area (Å²) in [5.74, 6) is -0.716. The third kappa shape index (κ3) is 1.35. The molecule has 0 bridgehead atoms. The van der Waals surface area contributed by atoms with Crippen molar-refractivity contribution >= 4 is 0 Å². The molecule has 2 rings (SSSR count). The molecule has 0 atom stereocenters. The number of rotatable bonds is 1. The van der Waals surface area contributed by atoms with E-state index in [0.717, 1.165) is 0 Å². The van der Waals surface area contributed by atoms with Crippen LogP contribution in [-0.2, 0) is 0 Å². The van der Waals surface area contributed by atoms with E-state index < -0.39 is 11.6 Å². The number of hydrogen-bond donors (Lipinski definition) is 1. The van der Waals surface area contributed by atoms with E-state index in [-0.39, 0.29) is 5.76 Å². The van der Waals surface area contributed by atoms with Crippen molar-refractivity contribution in [3.05, 3.63) is 46.3 Å². The van der Waals surface area contributed by atoms with Gasteiger partial charge in [-0.2, -0.15) is 0 Å². The molecule has 0 aliphatic heterocycles. The zero-order chi connectivity index (χ0) is 10.1. The second-order valence-corrected chi connectivity index (χ2v) is 2.95. The van der Waals surface area contributed by atoms with E-state index in [1.165, 1.54) is 6.07 Å². The van der Waals surface area contributed by atoms with E-state index >= 15 is 0 Å². The van der Waals surface area contributed by atoms with Crippen LogP contribution in [0.5, 0.6) is 0 Å². The van der Waals surface area contributed by atoms with Gasteiger partial charge in [0.15, 0.2) is 5.76 Å². The fourth-order valence-corrected chi connectivity index (χ4v) is 1.31. The van der Waals surface area contributed by atoms with E-state index in [1.54, 1.807) is 25.1 Å². The van der Waals surface area contributed by atoms with Crippen molar-refractivity contribution in [1.82, 2.24) is 4.98 Å². The van der Waals surface area contributed by atoms with Crippen molar-refractivity contribution in [2.24, 2.45) is 0 Å². The zero-order valence-corrected chi connectivity index (χ0v) is 7.50. The molecule has 14 heavy (non-hydrogen) atoms. The van der Waals surface area contributed by atoms with E-state index in [0.29, 0.717) is 11.3 Å². The second-order valence-electron chi connectivity index (χ2n) is 2.95. The van der Waals surface area contributed by atoms with Crippen molar-refractivity contribution in [2.75, 3.05) is 0 Å². The Morgan fingerprint density at radius 3 is 2.64 bits per heavy atom. The average Bonchev–Trinajstić information content (AvgIpc) is 2.46. The van der Waals surface area contributed by atoms with E-state index in [4.69, 9.17) is 4.42 Å². The number of aryl methyl sites for hydroxylation is 1. The number of H-pyrrole nitrogens is 1. The first-order valence-corrected chi connectivity index (χ1v) is 4.13. The molecule has 1 aromatic carbocycles. The van der Waals surface area contributed by atoms with Crippen LogP contribution in [0.4, 0.5) is 4.39 Å². The molecule has 1 N–H and O–H groups in total. The molecular formula is C10H8FNO2. The van der Waals surface area contributed by atoms with Gasteiger partial charge in [-0.25, -0.2) is 9.18 Å². The van der Waals surface area contributed by atoms with Crippen molar-refractivity contribution < 1.29 is 8.81 Å². The molecule has 3 nitrogen and oxygen atoms in total. The normalized spacial score (nSPS) is 10.4. The number of benzene rings is 1. The predicted molar refractivity (Wildman–Crippen MR) is 49.5 cm³/mol. The predicted octanol–water partition coefficient (Wildman–Crippen LogP) is 2.08. The smallest absolute Gasteiger partial charge is 0.407 e. The molecule has 0 amide bonds. The summed E-state index contributed by atoms with van der Waals surface area (Å²) in [7, 11) is 0. The van der Waals surface area contributed by atoms with Gasteiger partial charge < -0.3 is 4.42 Å². The van der Waals surface area contributed by atoms with Gasteiger partial charge in [0.2, 0.25) is 0 Å². The van der Waals surface area contributed by atoms with Gasteiger partial charge in [0.25, 0.3) is 0 Å². The maximum Gasteiger partial charge on any atom is 0.417 e. The molecule has 0 fully saturated rings. The summed E-state index contributed by atoms with van der Waals surface area (Å²) in [5.41, 5.74) is 0.823. The average molecular weight is 193 g/mol. The van der Waals surface area contributed by atoms with Crippen molar-refractivity contribution in [3.63, 3.8) is 0 Å². The third-order valence-corrected chi connectivity index (χ3v) is 1.94. The van der Waals surface area contributed by atoms with Crippen LogP contribution in [-0.4, -0.2) is 4.98 Å². The van der Waals surface area contributed by atoms with Gasteiger partial charge in [0.05, 0.1) is 11.3 Å². The summed E-state index contributed by atoms with van der Waals surface area (Å²) in [5, 5.41) is 0. The lowest BCUT2D eigenvalue weighted by Crippen LogP contribution is -1.94. The summed E-state index contributed by atoms with van der Waals surface area (Å²) in [6, 6.07) is 6.15. The van der Waals surface area contributed by atoms with Crippen LogP contribution in [0.15, 0.2) is 33.5 Å². The summed E-state index contributed by atoms with van der Waals surface area (Å²) < 4.78 is 18.1. The summed E-state index contributed by atoms with van der Waals surface area (Å²) in [4.78, 5) is 13.3. The number of oxazole rings is 1. The van der Waals surface area contributed by atoms with E-state index in [9.17, 15) is 9.18 Å². The molecule has 0 unspecified atom stereocenters. The largest absolute Gasteiger partial charge is 0.417 e. The van der Waals surface area contributed by atoms with Crippen LogP contribution < -0.4 is 5.76 Å². The number of aromatic amines is 1. The minimum atomic E-state index is -0.569. The van der Waals surface area contributed by atoms with Crippen LogP contribution in [0.3, 0.4) is 0 Å². The highest BCUT2D eigenvalue weighted by Gasteiger charge is 2.11. The summed E-state index contributed by atoms with van der Waals surface area (Å²) in [6.45, 7) is 1.66. The Morgan fingerprint density at radius 1 is 1.36 bits per heavy atom. The zero-order valence-electron chi connectivity index (χ0n) is 7.50. The highest BCUT2D eigenvalue weighted by Crippen LogP contribution is 2.23. The minimum Gasteiger partial charge on any atom is -0.407 e. The Labute approximate surface area is 79.2 Å². The number of hydrogen-bond acceptors (Lipinski definition) is 2. The molecule has 0 saturated heterocycles. The van der Waals surface area contributed by atoms with Gasteiger partial charge in [0, 0.05) is 0 Å². The minimum absolute atomic E-state index is 0.258. The van der Waals surface area contributed by atoms with Crippen LogP contribution in [0.1, 0.15) is 5.69 Å². The Hall–Kier alpha value is -1.84. The van der Waals surface area contributed by atoms with Gasteiger partial charge >= 0.3 is 5.76 Å². The van der Waals surface area contributed by atoms with Crippen molar-refractivity contribution in [3.8, 4) is 11.3 Å². The fraction of sp³-hybridized carbons (Fsp3) is 0.100. The van der Waals surface area contributed by atoms with Gasteiger partial charge in [-0.15, -0.1) is 0 Å². The summed E-state index contributed by atoms with van der Waals surface area (Å²) in [6.07, 6.45) is 0. The lowest BCUT2D eigenvalue weighted by atomic mass is 10.1. The van der Waals surface area contributed by atoms with Gasteiger partial charge in [-0.3, -0.25) is 4.98 Å². The molecule has 2 aromatic rings. The van der Waals surface area contributed by atoms with Crippen molar-refractivity contribution in [1.29, 1.82) is 0 Å². The molecule has 72 valence electrons. The standard InChI is InChI=1S/C10H8FNO2/c1-6-9(14-10(13)12-6)7-4-2-3-5-8(7)11/h2-5H,1H3,(H,12,13). The Balaban J connectivity index is 2.66. The topological polar surface area (TPSA) is 46.0 Å². The fourth-order valence-electron chi connectivity index (χ4n) is 1.31. The van der Waals surface area contributed by atoms with Gasteiger partial charge in [0.1, 0.15) is 5.82 Å². The lowest BCUT2D eigenvalue weighted by Gasteiger charge is -1.98. The molecule has 0 aliphatic carbocycles. The van der Waals surface area contributed by atoms with Gasteiger partial charge in [-0.1, -0.05) is 12.1 Å². The number of aromatic nitrogens is 1. The first-order chi connectivity index (χ1) is 6.68. The second kappa shape index (κ2) is 3.14. The van der Waals surface area contributed by atoms with Crippen LogP contribution in [0.25, 0.3) is 11.3 Å². The monoisotopic (exact) mass is 193 g/mol. The van der Waals surface area contributed by atoms with Crippen LogP contribution >= 0.6 is 0 Å². The number of halogens is 1. The molecule has 1 aromatic heterocycles. The Morgan fingerprint density at radius 2 is 2.07 bits per heavy atom.